The summed E-state index contributed by atoms with van der Waals surface area (Å²) in [6, 6.07) is 6.22. The summed E-state index contributed by atoms with van der Waals surface area (Å²) in [7, 11) is -1.31. The van der Waals surface area contributed by atoms with Crippen molar-refractivity contribution in [3.8, 4) is 11.8 Å². The SMILES string of the molecule is COc1ccc(N(C(=O)C2CC(=O)N(Cc3ccco3)C2)S(C)(=O)=O)c(OC)n1. The van der Waals surface area contributed by atoms with Gasteiger partial charge in [0.05, 0.1) is 39.2 Å². The number of hydrogen-bond donors (Lipinski definition) is 0. The molecule has 0 bridgehead atoms. The van der Waals surface area contributed by atoms with Gasteiger partial charge in [-0.1, -0.05) is 0 Å². The summed E-state index contributed by atoms with van der Waals surface area (Å²) in [5.74, 6) is -1.13. The monoisotopic (exact) mass is 423 g/mol. The summed E-state index contributed by atoms with van der Waals surface area (Å²) in [4.78, 5) is 31.0. The molecule has 1 saturated heterocycles. The van der Waals surface area contributed by atoms with Crippen LogP contribution in [0.25, 0.3) is 0 Å². The zero-order valence-electron chi connectivity index (χ0n) is 16.2. The van der Waals surface area contributed by atoms with E-state index >= 15 is 0 Å². The van der Waals surface area contributed by atoms with Crippen LogP contribution in [0.3, 0.4) is 0 Å². The molecule has 0 N–H and O–H groups in total. The normalized spacial score (nSPS) is 16.7. The highest BCUT2D eigenvalue weighted by Gasteiger charge is 2.41. The highest BCUT2D eigenvalue weighted by Crippen LogP contribution is 2.33. The molecule has 0 spiro atoms. The summed E-state index contributed by atoms with van der Waals surface area (Å²) in [5, 5.41) is 0. The van der Waals surface area contributed by atoms with Crippen molar-refractivity contribution in [2.24, 2.45) is 5.92 Å². The van der Waals surface area contributed by atoms with E-state index in [1.165, 1.54) is 37.5 Å². The Morgan fingerprint density at radius 2 is 2.07 bits per heavy atom. The van der Waals surface area contributed by atoms with Crippen molar-refractivity contribution in [2.75, 3.05) is 31.3 Å². The van der Waals surface area contributed by atoms with E-state index in [0.29, 0.717) is 10.1 Å². The smallest absolute Gasteiger partial charge is 0.246 e. The maximum Gasteiger partial charge on any atom is 0.246 e. The number of amides is 2. The third-order valence-corrected chi connectivity index (χ3v) is 5.50. The van der Waals surface area contributed by atoms with Crippen LogP contribution in [0, 0.1) is 5.92 Å². The number of ether oxygens (including phenoxy) is 2. The first-order chi connectivity index (χ1) is 13.7. The van der Waals surface area contributed by atoms with Crippen molar-refractivity contribution in [3.63, 3.8) is 0 Å². The fraction of sp³-hybridized carbons (Fsp3) is 0.389. The van der Waals surface area contributed by atoms with Crippen molar-refractivity contribution < 1.29 is 31.9 Å². The van der Waals surface area contributed by atoms with Crippen molar-refractivity contribution in [3.05, 3.63) is 36.3 Å². The van der Waals surface area contributed by atoms with Gasteiger partial charge in [-0.15, -0.1) is 0 Å². The average molecular weight is 423 g/mol. The zero-order chi connectivity index (χ0) is 21.2. The molecule has 0 radical (unpaired) electrons. The lowest BCUT2D eigenvalue weighted by molar-refractivity contribution is -0.129. The Morgan fingerprint density at radius 1 is 1.31 bits per heavy atom. The van der Waals surface area contributed by atoms with Crippen LogP contribution >= 0.6 is 0 Å². The lowest BCUT2D eigenvalue weighted by atomic mass is 10.1. The van der Waals surface area contributed by atoms with Crippen LogP contribution < -0.4 is 13.8 Å². The summed E-state index contributed by atoms with van der Waals surface area (Å²) in [5.41, 5.74) is -0.0438. The molecule has 1 atom stereocenters. The molecule has 1 aliphatic heterocycles. The number of methoxy groups -OCH3 is 2. The van der Waals surface area contributed by atoms with Gasteiger partial charge in [-0.3, -0.25) is 9.59 Å². The second-order valence-electron chi connectivity index (χ2n) is 6.50. The molecule has 3 heterocycles. The van der Waals surface area contributed by atoms with E-state index in [1.54, 1.807) is 12.1 Å². The average Bonchev–Trinajstić information content (AvgIpc) is 3.31. The molecule has 1 unspecified atom stereocenters. The molecule has 1 aliphatic rings. The molecule has 1 fully saturated rings. The number of pyridine rings is 1. The highest BCUT2D eigenvalue weighted by atomic mass is 32.2. The lowest BCUT2D eigenvalue weighted by Gasteiger charge is -2.24. The molecule has 156 valence electrons. The molecule has 2 aromatic rings. The van der Waals surface area contributed by atoms with Crippen LogP contribution in [0.5, 0.6) is 11.8 Å². The number of aromatic nitrogens is 1. The Kier molecular flexibility index (Phi) is 5.78. The lowest BCUT2D eigenvalue weighted by Crippen LogP contribution is -2.41. The van der Waals surface area contributed by atoms with Crippen LogP contribution in [0.4, 0.5) is 5.69 Å². The quantitative estimate of drug-likeness (QED) is 0.648. The number of rotatable bonds is 7. The minimum Gasteiger partial charge on any atom is -0.481 e. The van der Waals surface area contributed by atoms with Gasteiger partial charge >= 0.3 is 0 Å². The van der Waals surface area contributed by atoms with Gasteiger partial charge in [0.15, 0.2) is 0 Å². The van der Waals surface area contributed by atoms with Gasteiger partial charge < -0.3 is 18.8 Å². The fourth-order valence-electron chi connectivity index (χ4n) is 3.14. The molecule has 0 aromatic carbocycles. The molecule has 3 rings (SSSR count). The van der Waals surface area contributed by atoms with Crippen molar-refractivity contribution in [1.29, 1.82) is 0 Å². The molecule has 0 saturated carbocycles. The molecule has 2 amide bonds. The van der Waals surface area contributed by atoms with E-state index in [-0.39, 0.29) is 42.9 Å². The van der Waals surface area contributed by atoms with Gasteiger partial charge in [-0.2, -0.15) is 4.98 Å². The first-order valence-electron chi connectivity index (χ1n) is 8.68. The maximum atomic E-state index is 13.1. The Balaban J connectivity index is 1.89. The number of carbonyl (C=O) groups is 2. The van der Waals surface area contributed by atoms with E-state index in [2.05, 4.69) is 4.98 Å². The van der Waals surface area contributed by atoms with Crippen LogP contribution in [0.15, 0.2) is 34.9 Å². The summed E-state index contributed by atoms with van der Waals surface area (Å²) in [6.45, 7) is 0.290. The molecular formula is C18H21N3O7S. The van der Waals surface area contributed by atoms with E-state index in [4.69, 9.17) is 13.9 Å². The van der Waals surface area contributed by atoms with Gasteiger partial charge in [0, 0.05) is 19.0 Å². The summed E-state index contributed by atoms with van der Waals surface area (Å²) >= 11 is 0. The molecule has 29 heavy (non-hydrogen) atoms. The Labute approximate surface area is 168 Å². The molecule has 10 nitrogen and oxygen atoms in total. The predicted molar refractivity (Wildman–Crippen MR) is 102 cm³/mol. The van der Waals surface area contributed by atoms with Crippen LogP contribution in [0.2, 0.25) is 0 Å². The number of likely N-dealkylation sites (tertiary alicyclic amines) is 1. The van der Waals surface area contributed by atoms with E-state index in [0.717, 1.165) is 6.26 Å². The minimum absolute atomic E-state index is 0.0438. The Hall–Kier alpha value is -3.08. The molecule has 11 heteroatoms. The number of anilines is 1. The maximum absolute atomic E-state index is 13.1. The van der Waals surface area contributed by atoms with Crippen molar-refractivity contribution >= 4 is 27.5 Å². The molecular weight excluding hydrogens is 402 g/mol. The van der Waals surface area contributed by atoms with Crippen molar-refractivity contribution in [2.45, 2.75) is 13.0 Å². The molecule has 2 aromatic heterocycles. The number of hydrogen-bond acceptors (Lipinski definition) is 8. The number of sulfonamides is 1. The van der Waals surface area contributed by atoms with Gasteiger partial charge in [-0.05, 0) is 18.2 Å². The highest BCUT2D eigenvalue weighted by molar-refractivity contribution is 7.92. The Morgan fingerprint density at radius 3 is 2.66 bits per heavy atom. The summed E-state index contributed by atoms with van der Waals surface area (Å²) < 4.78 is 40.9. The minimum atomic E-state index is -4.02. The van der Waals surface area contributed by atoms with Gasteiger partial charge in [0.2, 0.25) is 33.6 Å². The fourth-order valence-corrected chi connectivity index (χ4v) is 4.11. The zero-order valence-corrected chi connectivity index (χ0v) is 17.0. The van der Waals surface area contributed by atoms with Crippen molar-refractivity contribution in [1.82, 2.24) is 9.88 Å². The number of carbonyl (C=O) groups excluding carboxylic acids is 2. The molecule has 0 aliphatic carbocycles. The van der Waals surface area contributed by atoms with E-state index < -0.39 is 21.8 Å². The largest absolute Gasteiger partial charge is 0.481 e. The third kappa shape index (κ3) is 4.34. The second-order valence-corrected chi connectivity index (χ2v) is 8.33. The standard InChI is InChI=1S/C18H21N3O7S/c1-26-15-7-6-14(17(19-15)27-2)21(29(3,24)25)18(23)12-9-16(22)20(10-12)11-13-5-4-8-28-13/h4-8,12H,9-11H2,1-3H3. The first kappa shape index (κ1) is 20.6. The number of nitrogens with zero attached hydrogens (tertiary/aromatic N) is 3. The Bertz CT molecular complexity index is 1000. The van der Waals surface area contributed by atoms with Crippen LogP contribution in [-0.2, 0) is 26.2 Å². The van der Waals surface area contributed by atoms with E-state index in [1.807, 2.05) is 0 Å². The number of furan rings is 1. The van der Waals surface area contributed by atoms with Gasteiger partial charge in [0.1, 0.15) is 11.4 Å². The third-order valence-electron chi connectivity index (χ3n) is 4.46. The predicted octanol–water partition coefficient (Wildman–Crippen LogP) is 1.03. The van der Waals surface area contributed by atoms with Gasteiger partial charge in [0.25, 0.3) is 0 Å². The second kappa shape index (κ2) is 8.11. The van der Waals surface area contributed by atoms with E-state index in [9.17, 15) is 18.0 Å². The topological polar surface area (TPSA) is 119 Å². The summed E-state index contributed by atoms with van der Waals surface area (Å²) in [6.07, 6.45) is 2.30. The van der Waals surface area contributed by atoms with Gasteiger partial charge in [-0.25, -0.2) is 12.7 Å². The van der Waals surface area contributed by atoms with Crippen LogP contribution in [-0.4, -0.2) is 57.1 Å². The first-order valence-corrected chi connectivity index (χ1v) is 10.5. The van der Waals surface area contributed by atoms with Crippen LogP contribution in [0.1, 0.15) is 12.2 Å².